The average molecular weight is 272 g/mol. The maximum atomic E-state index is 5.78. The minimum Gasteiger partial charge on any atom is -0.329 e. The highest BCUT2D eigenvalue weighted by Crippen LogP contribution is 2.21. The molecule has 4 heteroatoms. The smallest absolute Gasteiger partial charge is 0.124 e. The van der Waals surface area contributed by atoms with Crippen LogP contribution in [0.2, 0.25) is 0 Å². The first-order chi connectivity index (χ1) is 9.79. The van der Waals surface area contributed by atoms with Crippen molar-refractivity contribution in [3.05, 3.63) is 30.1 Å². The van der Waals surface area contributed by atoms with Crippen LogP contribution in [0.3, 0.4) is 0 Å². The van der Waals surface area contributed by atoms with E-state index in [0.29, 0.717) is 12.6 Å². The molecule has 0 spiro atoms. The van der Waals surface area contributed by atoms with E-state index in [2.05, 4.69) is 40.7 Å². The lowest BCUT2D eigenvalue weighted by Crippen LogP contribution is -2.37. The number of benzene rings is 1. The zero-order chi connectivity index (χ0) is 13.9. The van der Waals surface area contributed by atoms with Gasteiger partial charge in [-0.2, -0.15) is 0 Å². The topological polar surface area (TPSA) is 47.1 Å². The van der Waals surface area contributed by atoms with Gasteiger partial charge in [0, 0.05) is 19.1 Å². The Kier molecular flexibility index (Phi) is 4.03. The number of likely N-dealkylation sites (tertiary alicyclic amines) is 1. The highest BCUT2D eigenvalue weighted by atomic mass is 15.2. The molecule has 1 aromatic carbocycles. The van der Waals surface area contributed by atoms with Crippen molar-refractivity contribution in [3.8, 4) is 0 Å². The summed E-state index contributed by atoms with van der Waals surface area (Å²) in [6, 6.07) is 9.02. The van der Waals surface area contributed by atoms with Gasteiger partial charge >= 0.3 is 0 Å². The second-order valence-electron chi connectivity index (χ2n) is 5.77. The van der Waals surface area contributed by atoms with E-state index in [-0.39, 0.29) is 0 Å². The summed E-state index contributed by atoms with van der Waals surface area (Å²) in [5.74, 6) is 1.16. The largest absolute Gasteiger partial charge is 0.329 e. The molecule has 4 nitrogen and oxygen atoms in total. The third-order valence-corrected chi connectivity index (χ3v) is 4.37. The first-order valence-electron chi connectivity index (χ1n) is 7.68. The number of imidazole rings is 1. The molecule has 1 unspecified atom stereocenters. The molecule has 0 radical (unpaired) electrons. The summed E-state index contributed by atoms with van der Waals surface area (Å²) >= 11 is 0. The summed E-state index contributed by atoms with van der Waals surface area (Å²) in [5, 5.41) is 0. The van der Waals surface area contributed by atoms with Crippen LogP contribution in [-0.4, -0.2) is 33.6 Å². The number of rotatable bonds is 4. The van der Waals surface area contributed by atoms with Crippen molar-refractivity contribution in [1.82, 2.24) is 14.5 Å². The van der Waals surface area contributed by atoms with Crippen molar-refractivity contribution < 1.29 is 0 Å². The summed E-state index contributed by atoms with van der Waals surface area (Å²) in [6.07, 6.45) is 3.97. The summed E-state index contributed by atoms with van der Waals surface area (Å²) in [7, 11) is 0. The van der Waals surface area contributed by atoms with E-state index in [1.165, 1.54) is 31.3 Å². The van der Waals surface area contributed by atoms with E-state index in [9.17, 15) is 0 Å². The Morgan fingerprint density at radius 2 is 2.15 bits per heavy atom. The van der Waals surface area contributed by atoms with Gasteiger partial charge in [0.15, 0.2) is 0 Å². The highest BCUT2D eigenvalue weighted by molar-refractivity contribution is 5.75. The molecule has 0 aliphatic carbocycles. The maximum Gasteiger partial charge on any atom is 0.124 e. The number of aromatic nitrogens is 2. The van der Waals surface area contributed by atoms with Gasteiger partial charge in [-0.15, -0.1) is 0 Å². The molecule has 1 aliphatic heterocycles. The fourth-order valence-corrected chi connectivity index (χ4v) is 3.20. The number of nitrogens with zero attached hydrogens (tertiary/aromatic N) is 3. The lowest BCUT2D eigenvalue weighted by atomic mass is 10.0. The van der Waals surface area contributed by atoms with Crippen LogP contribution >= 0.6 is 0 Å². The van der Waals surface area contributed by atoms with Gasteiger partial charge in [-0.1, -0.05) is 18.6 Å². The monoisotopic (exact) mass is 272 g/mol. The Balaban J connectivity index is 1.91. The summed E-state index contributed by atoms with van der Waals surface area (Å²) < 4.78 is 2.29. The van der Waals surface area contributed by atoms with Crippen LogP contribution in [0.25, 0.3) is 11.0 Å². The van der Waals surface area contributed by atoms with Crippen molar-refractivity contribution in [1.29, 1.82) is 0 Å². The van der Waals surface area contributed by atoms with Crippen molar-refractivity contribution in [3.63, 3.8) is 0 Å². The van der Waals surface area contributed by atoms with Gasteiger partial charge in [-0.05, 0) is 38.4 Å². The number of hydrogen-bond acceptors (Lipinski definition) is 3. The number of nitrogens with two attached hydrogens (primary N) is 1. The number of piperidine rings is 1. The zero-order valence-corrected chi connectivity index (χ0v) is 12.3. The third-order valence-electron chi connectivity index (χ3n) is 4.37. The molecule has 1 saturated heterocycles. The first-order valence-corrected chi connectivity index (χ1v) is 7.68. The molecular formula is C16H24N4. The Hall–Kier alpha value is -1.39. The molecule has 0 amide bonds. The molecule has 2 N–H and O–H groups in total. The molecular weight excluding hydrogens is 248 g/mol. The van der Waals surface area contributed by atoms with Crippen LogP contribution in [0.15, 0.2) is 24.3 Å². The Morgan fingerprint density at radius 1 is 1.30 bits per heavy atom. The van der Waals surface area contributed by atoms with Crippen molar-refractivity contribution >= 4 is 11.0 Å². The Bertz CT molecular complexity index is 575. The molecule has 2 heterocycles. The number of fused-ring (bicyclic) bond motifs is 1. The fourth-order valence-electron chi connectivity index (χ4n) is 3.20. The molecule has 108 valence electrons. The predicted octanol–water partition coefficient (Wildman–Crippen LogP) is 2.37. The molecule has 20 heavy (non-hydrogen) atoms. The molecule has 1 aromatic heterocycles. The van der Waals surface area contributed by atoms with Crippen molar-refractivity contribution in [2.24, 2.45) is 5.73 Å². The van der Waals surface area contributed by atoms with Crippen LogP contribution in [0.4, 0.5) is 0 Å². The summed E-state index contributed by atoms with van der Waals surface area (Å²) in [6.45, 7) is 5.96. The van der Waals surface area contributed by atoms with Crippen LogP contribution in [-0.2, 0) is 13.1 Å². The van der Waals surface area contributed by atoms with Crippen molar-refractivity contribution in [2.45, 2.75) is 45.3 Å². The quantitative estimate of drug-likeness (QED) is 0.929. The van der Waals surface area contributed by atoms with Gasteiger partial charge in [0.2, 0.25) is 0 Å². The molecule has 1 fully saturated rings. The lowest BCUT2D eigenvalue weighted by Gasteiger charge is -2.33. The summed E-state index contributed by atoms with van der Waals surface area (Å²) in [4.78, 5) is 7.38. The van der Waals surface area contributed by atoms with E-state index >= 15 is 0 Å². The minimum absolute atomic E-state index is 0.656. The Labute approximate surface area is 120 Å². The SMILES string of the molecule is CC1CCCCN1Cc1nc2ccccc2n1CCN. The Morgan fingerprint density at radius 3 is 2.95 bits per heavy atom. The second-order valence-corrected chi connectivity index (χ2v) is 5.77. The zero-order valence-electron chi connectivity index (χ0n) is 12.3. The van der Waals surface area contributed by atoms with Crippen LogP contribution in [0, 0.1) is 0 Å². The molecule has 1 aliphatic rings. The van der Waals surface area contributed by atoms with E-state index in [4.69, 9.17) is 10.7 Å². The second kappa shape index (κ2) is 5.94. The van der Waals surface area contributed by atoms with Crippen LogP contribution in [0.1, 0.15) is 32.0 Å². The fraction of sp³-hybridized carbons (Fsp3) is 0.562. The van der Waals surface area contributed by atoms with E-state index < -0.39 is 0 Å². The predicted molar refractivity (Wildman–Crippen MR) is 82.5 cm³/mol. The van der Waals surface area contributed by atoms with Gasteiger partial charge in [-0.3, -0.25) is 4.90 Å². The van der Waals surface area contributed by atoms with E-state index in [1.807, 2.05) is 0 Å². The average Bonchev–Trinajstić information content (AvgIpc) is 2.80. The normalized spacial score (nSPS) is 20.6. The molecule has 3 rings (SSSR count). The van der Waals surface area contributed by atoms with E-state index in [0.717, 1.165) is 24.4 Å². The molecule has 0 saturated carbocycles. The van der Waals surface area contributed by atoms with Gasteiger partial charge in [0.05, 0.1) is 17.6 Å². The van der Waals surface area contributed by atoms with Crippen molar-refractivity contribution in [2.75, 3.05) is 13.1 Å². The van der Waals surface area contributed by atoms with Crippen LogP contribution in [0.5, 0.6) is 0 Å². The summed E-state index contributed by atoms with van der Waals surface area (Å²) in [5.41, 5.74) is 8.07. The van der Waals surface area contributed by atoms with Crippen LogP contribution < -0.4 is 5.73 Å². The van der Waals surface area contributed by atoms with Gasteiger partial charge in [0.25, 0.3) is 0 Å². The van der Waals surface area contributed by atoms with Gasteiger partial charge in [-0.25, -0.2) is 4.98 Å². The highest BCUT2D eigenvalue weighted by Gasteiger charge is 2.21. The molecule has 1 atom stereocenters. The lowest BCUT2D eigenvalue weighted by molar-refractivity contribution is 0.147. The third kappa shape index (κ3) is 2.58. The van der Waals surface area contributed by atoms with Gasteiger partial charge in [0.1, 0.15) is 5.82 Å². The minimum atomic E-state index is 0.656. The number of para-hydroxylation sites is 2. The maximum absolute atomic E-state index is 5.78. The standard InChI is InChI=1S/C16H24N4/c1-13-6-4-5-10-19(13)12-16-18-14-7-2-3-8-15(14)20(16)11-9-17/h2-3,7-8,13H,4-6,9-12,17H2,1H3. The first kappa shape index (κ1) is 13.6. The van der Waals surface area contributed by atoms with Gasteiger partial charge < -0.3 is 10.3 Å². The molecule has 0 bridgehead atoms. The number of hydrogen-bond donors (Lipinski definition) is 1. The molecule has 2 aromatic rings. The van der Waals surface area contributed by atoms with E-state index in [1.54, 1.807) is 0 Å².